The number of rotatable bonds is 7. The predicted octanol–water partition coefficient (Wildman–Crippen LogP) is 3.69. The van der Waals surface area contributed by atoms with Crippen LogP contribution in [-0.4, -0.2) is 35.6 Å². The monoisotopic (exact) mass is 385 g/mol. The molecule has 0 aliphatic heterocycles. The molecule has 0 aliphatic rings. The molecule has 1 N–H and O–H groups in total. The van der Waals surface area contributed by atoms with Crippen molar-refractivity contribution in [2.75, 3.05) is 13.7 Å². The van der Waals surface area contributed by atoms with Gasteiger partial charge in [0.2, 0.25) is 5.78 Å². The van der Waals surface area contributed by atoms with Crippen LogP contribution in [0.1, 0.15) is 20.3 Å². The summed E-state index contributed by atoms with van der Waals surface area (Å²) < 4.78 is 15.6. The summed E-state index contributed by atoms with van der Waals surface area (Å²) in [4.78, 5) is 27.4. The largest absolute Gasteiger partial charge is 0.508 e. The molecule has 0 spiro atoms. The van der Waals surface area contributed by atoms with E-state index in [0.29, 0.717) is 17.2 Å². The second-order valence-electron chi connectivity index (χ2n) is 5.31. The molecule has 0 bridgehead atoms. The van der Waals surface area contributed by atoms with Gasteiger partial charge in [-0.15, -0.1) is 11.3 Å². The van der Waals surface area contributed by atoms with Crippen LogP contribution in [0, 0.1) is 0 Å². The van der Waals surface area contributed by atoms with Crippen LogP contribution in [0.2, 0.25) is 0 Å². The third-order valence-corrected chi connectivity index (χ3v) is 4.29. The number of ether oxygens (including phenoxy) is 3. The number of carbonyl (C=O) groups excluding carboxylic acids is 2. The van der Waals surface area contributed by atoms with Gasteiger partial charge in [-0.3, -0.25) is 4.79 Å². The molecule has 0 saturated heterocycles. The van der Waals surface area contributed by atoms with Gasteiger partial charge in [-0.1, -0.05) is 0 Å². The summed E-state index contributed by atoms with van der Waals surface area (Å²) >= 11 is 1.06. The minimum atomic E-state index is -0.588. The van der Waals surface area contributed by atoms with E-state index in [4.69, 9.17) is 9.47 Å². The maximum atomic E-state index is 12.1. The Kier molecular flexibility index (Phi) is 5.68. The number of aromatic hydroxyl groups is 1. The van der Waals surface area contributed by atoms with Gasteiger partial charge in [-0.2, -0.15) is 0 Å². The first-order valence-electron chi connectivity index (χ1n) is 7.82. The molecule has 1 aromatic heterocycles. The second-order valence-corrected chi connectivity index (χ2v) is 6.17. The number of methoxy groups -OCH3 is 1. The number of hydrogen-bond acceptors (Lipinski definition) is 8. The minimum Gasteiger partial charge on any atom is -0.508 e. The number of Topliss-reactive ketones (excluding diaryl/α,β-unsaturated/α-hetero) is 1. The number of thiazole rings is 1. The zero-order chi connectivity index (χ0) is 19.2. The molecule has 3 rings (SSSR count). The van der Waals surface area contributed by atoms with Gasteiger partial charge in [-0.05, 0) is 48.5 Å². The van der Waals surface area contributed by atoms with Gasteiger partial charge in [-0.25, -0.2) is 9.78 Å². The van der Waals surface area contributed by atoms with Gasteiger partial charge in [0.25, 0.3) is 0 Å². The summed E-state index contributed by atoms with van der Waals surface area (Å²) in [6.45, 7) is -0.202. The summed E-state index contributed by atoms with van der Waals surface area (Å²) in [7, 11) is 1.25. The highest BCUT2D eigenvalue weighted by Gasteiger charge is 2.16. The molecule has 138 valence electrons. The van der Waals surface area contributed by atoms with Crippen LogP contribution in [-0.2, 0) is 4.74 Å². The zero-order valence-corrected chi connectivity index (χ0v) is 15.1. The number of nitrogens with zero attached hydrogens (tertiary/aromatic N) is 1. The highest BCUT2D eigenvalue weighted by molar-refractivity contribution is 7.12. The highest BCUT2D eigenvalue weighted by Crippen LogP contribution is 2.25. The lowest BCUT2D eigenvalue weighted by atomic mass is 10.3. The van der Waals surface area contributed by atoms with E-state index in [1.807, 2.05) is 0 Å². The summed E-state index contributed by atoms with van der Waals surface area (Å²) in [5, 5.41) is 10.9. The third-order valence-electron chi connectivity index (χ3n) is 3.40. The molecule has 0 radical (unpaired) electrons. The number of benzene rings is 2. The number of aromatic nitrogens is 1. The number of phenolic OH excluding ortho intramolecular Hbond substituents is 1. The summed E-state index contributed by atoms with van der Waals surface area (Å²) in [6, 6.07) is 13.1. The van der Waals surface area contributed by atoms with Crippen LogP contribution in [0.5, 0.6) is 23.0 Å². The van der Waals surface area contributed by atoms with Gasteiger partial charge in [0.1, 0.15) is 23.0 Å². The molecular weight excluding hydrogens is 370 g/mol. The van der Waals surface area contributed by atoms with E-state index in [1.54, 1.807) is 36.4 Å². The molecule has 7 nitrogen and oxygen atoms in total. The fraction of sp³-hybridized carbons (Fsp3) is 0.105. The fourth-order valence-corrected chi connectivity index (χ4v) is 2.78. The van der Waals surface area contributed by atoms with E-state index in [9.17, 15) is 14.7 Å². The van der Waals surface area contributed by atoms with E-state index in [2.05, 4.69) is 9.72 Å². The fourth-order valence-electron chi connectivity index (χ4n) is 2.06. The number of phenols is 1. The van der Waals surface area contributed by atoms with Crippen LogP contribution in [0.4, 0.5) is 0 Å². The normalized spacial score (nSPS) is 10.3. The number of ketones is 1. The first-order chi connectivity index (χ1) is 13.0. The average molecular weight is 385 g/mol. The predicted molar refractivity (Wildman–Crippen MR) is 97.9 cm³/mol. The summed E-state index contributed by atoms with van der Waals surface area (Å²) in [5.41, 5.74) is 0.0987. The molecule has 8 heteroatoms. The molecule has 27 heavy (non-hydrogen) atoms. The van der Waals surface area contributed by atoms with Crippen LogP contribution in [0.3, 0.4) is 0 Å². The maximum Gasteiger partial charge on any atom is 0.357 e. The Morgan fingerprint density at radius 3 is 2.22 bits per heavy atom. The van der Waals surface area contributed by atoms with Crippen molar-refractivity contribution in [1.29, 1.82) is 0 Å². The number of esters is 1. The van der Waals surface area contributed by atoms with Crippen LogP contribution in [0.25, 0.3) is 0 Å². The molecule has 0 saturated carbocycles. The Morgan fingerprint density at radius 2 is 1.59 bits per heavy atom. The summed E-state index contributed by atoms with van der Waals surface area (Å²) in [5.74, 6) is 0.903. The van der Waals surface area contributed by atoms with Crippen LogP contribution < -0.4 is 9.47 Å². The smallest absolute Gasteiger partial charge is 0.357 e. The number of carbonyl (C=O) groups is 2. The first kappa shape index (κ1) is 18.4. The molecule has 0 aliphatic carbocycles. The molecule has 1 heterocycles. The van der Waals surface area contributed by atoms with Crippen molar-refractivity contribution in [1.82, 2.24) is 4.98 Å². The van der Waals surface area contributed by atoms with Crippen molar-refractivity contribution in [3.63, 3.8) is 0 Å². The lowest BCUT2D eigenvalue weighted by molar-refractivity contribution is 0.0595. The first-order valence-corrected chi connectivity index (χ1v) is 8.70. The van der Waals surface area contributed by atoms with Crippen molar-refractivity contribution in [3.8, 4) is 23.0 Å². The van der Waals surface area contributed by atoms with Crippen LogP contribution >= 0.6 is 11.3 Å². The molecule has 2 aromatic carbocycles. The Bertz CT molecular complexity index is 934. The number of hydrogen-bond donors (Lipinski definition) is 1. The Balaban J connectivity index is 1.55. The minimum absolute atomic E-state index is 0.0987. The molecule has 0 unspecified atom stereocenters. The average Bonchev–Trinajstić information content (AvgIpc) is 3.19. The van der Waals surface area contributed by atoms with Gasteiger partial charge >= 0.3 is 5.97 Å². The Hall–Kier alpha value is -3.39. The summed E-state index contributed by atoms with van der Waals surface area (Å²) in [6.07, 6.45) is 0. The van der Waals surface area contributed by atoms with E-state index in [0.717, 1.165) is 11.3 Å². The second kappa shape index (κ2) is 8.33. The lowest BCUT2D eigenvalue weighted by Gasteiger charge is -2.08. The van der Waals surface area contributed by atoms with Crippen LogP contribution in [0.15, 0.2) is 53.9 Å². The topological polar surface area (TPSA) is 95.0 Å². The Morgan fingerprint density at radius 1 is 1.00 bits per heavy atom. The van der Waals surface area contributed by atoms with Crippen molar-refractivity contribution in [3.05, 3.63) is 64.6 Å². The van der Waals surface area contributed by atoms with E-state index in [-0.39, 0.29) is 28.8 Å². The Labute approximate surface area is 158 Å². The van der Waals surface area contributed by atoms with E-state index >= 15 is 0 Å². The highest BCUT2D eigenvalue weighted by atomic mass is 32.1. The molecule has 0 fully saturated rings. The molecule has 3 aromatic rings. The van der Waals surface area contributed by atoms with Gasteiger partial charge in [0.15, 0.2) is 17.3 Å². The molecular formula is C19H15NO6S. The standard InChI is InChI=1S/C19H15NO6S/c1-24-19(23)16-11-27-18(20-16)17(22)10-25-13-6-8-15(9-7-13)26-14-4-2-12(21)3-5-14/h2-9,11,21H,10H2,1H3. The van der Waals surface area contributed by atoms with E-state index in [1.165, 1.54) is 24.6 Å². The maximum absolute atomic E-state index is 12.1. The van der Waals surface area contributed by atoms with Gasteiger partial charge in [0, 0.05) is 5.38 Å². The van der Waals surface area contributed by atoms with Gasteiger partial charge in [0.05, 0.1) is 7.11 Å². The molecule has 0 amide bonds. The lowest BCUT2D eigenvalue weighted by Crippen LogP contribution is -2.12. The van der Waals surface area contributed by atoms with Crippen molar-refractivity contribution in [2.45, 2.75) is 0 Å². The zero-order valence-electron chi connectivity index (χ0n) is 14.2. The van der Waals surface area contributed by atoms with Crippen molar-refractivity contribution in [2.24, 2.45) is 0 Å². The van der Waals surface area contributed by atoms with Crippen molar-refractivity contribution < 1.29 is 28.9 Å². The SMILES string of the molecule is COC(=O)c1csc(C(=O)COc2ccc(Oc3ccc(O)cc3)cc2)n1. The van der Waals surface area contributed by atoms with E-state index < -0.39 is 5.97 Å². The van der Waals surface area contributed by atoms with Gasteiger partial charge < -0.3 is 19.3 Å². The van der Waals surface area contributed by atoms with Crippen molar-refractivity contribution >= 4 is 23.1 Å². The quantitative estimate of drug-likeness (QED) is 0.489. The molecule has 0 atom stereocenters. The third kappa shape index (κ3) is 4.83.